The number of nitrogens with one attached hydrogen (secondary N) is 1. The summed E-state index contributed by atoms with van der Waals surface area (Å²) in [7, 11) is 0. The highest BCUT2D eigenvalue weighted by atomic mass is 16.2. The Bertz CT molecular complexity index is 414. The molecule has 1 amide bonds. The van der Waals surface area contributed by atoms with E-state index in [4.69, 9.17) is 17.2 Å². The van der Waals surface area contributed by atoms with Gasteiger partial charge in [0.25, 0.3) is 0 Å². The fourth-order valence-electron chi connectivity index (χ4n) is 1.57. The van der Waals surface area contributed by atoms with Gasteiger partial charge in [0.1, 0.15) is 0 Å². The van der Waals surface area contributed by atoms with Crippen LogP contribution in [0.3, 0.4) is 0 Å². The standard InChI is InChI=1S/C13H21N5O/c14-11(7-4-8-17-13(15)16)12(19)18-9-10-5-2-1-3-6-10/h1-3,5-6,11H,4,7-9,14H2,(H,18,19)(H4,15,16,17)/t11-/m0/s1. The number of hydrogen-bond acceptors (Lipinski definition) is 3. The summed E-state index contributed by atoms with van der Waals surface area (Å²) in [4.78, 5) is 15.6. The van der Waals surface area contributed by atoms with Gasteiger partial charge in [-0.3, -0.25) is 9.79 Å². The first-order valence-electron chi connectivity index (χ1n) is 6.22. The van der Waals surface area contributed by atoms with E-state index in [1.54, 1.807) is 0 Å². The van der Waals surface area contributed by atoms with Gasteiger partial charge in [-0.2, -0.15) is 0 Å². The molecule has 0 aliphatic heterocycles. The molecular formula is C13H21N5O. The van der Waals surface area contributed by atoms with Gasteiger partial charge in [0.15, 0.2) is 5.96 Å². The van der Waals surface area contributed by atoms with E-state index in [1.165, 1.54) is 0 Å². The average Bonchev–Trinajstić information content (AvgIpc) is 2.41. The van der Waals surface area contributed by atoms with E-state index in [9.17, 15) is 4.79 Å². The highest BCUT2D eigenvalue weighted by molar-refractivity contribution is 5.81. The molecule has 0 fully saturated rings. The number of aliphatic imine (C=N–C) groups is 1. The van der Waals surface area contributed by atoms with Crippen molar-refractivity contribution in [1.82, 2.24) is 5.32 Å². The van der Waals surface area contributed by atoms with Gasteiger partial charge in [-0.15, -0.1) is 0 Å². The minimum absolute atomic E-state index is 0.0575. The Morgan fingerprint density at radius 1 is 1.26 bits per heavy atom. The molecule has 1 atom stereocenters. The molecule has 0 saturated heterocycles. The second-order valence-corrected chi connectivity index (χ2v) is 4.26. The zero-order valence-corrected chi connectivity index (χ0v) is 10.9. The van der Waals surface area contributed by atoms with Crippen molar-refractivity contribution in [3.8, 4) is 0 Å². The quantitative estimate of drug-likeness (QED) is 0.306. The number of amides is 1. The first-order valence-corrected chi connectivity index (χ1v) is 6.22. The molecule has 104 valence electrons. The SMILES string of the molecule is NC(N)=NCCC[C@H](N)C(=O)NCc1ccccc1. The zero-order chi connectivity index (χ0) is 14.1. The third kappa shape index (κ3) is 6.42. The summed E-state index contributed by atoms with van der Waals surface area (Å²) in [6.45, 7) is 0.975. The number of benzene rings is 1. The van der Waals surface area contributed by atoms with E-state index in [-0.39, 0.29) is 11.9 Å². The molecule has 0 aromatic heterocycles. The number of nitrogens with two attached hydrogens (primary N) is 3. The van der Waals surface area contributed by atoms with Crippen LogP contribution in [0.2, 0.25) is 0 Å². The number of hydrogen-bond donors (Lipinski definition) is 4. The molecule has 6 heteroatoms. The summed E-state index contributed by atoms with van der Waals surface area (Å²) in [5, 5.41) is 2.80. The van der Waals surface area contributed by atoms with Crippen molar-refractivity contribution in [2.24, 2.45) is 22.2 Å². The Labute approximate surface area is 113 Å². The van der Waals surface area contributed by atoms with Gasteiger partial charge in [0.2, 0.25) is 5.91 Å². The molecule has 0 aliphatic carbocycles. The van der Waals surface area contributed by atoms with Crippen LogP contribution in [0.15, 0.2) is 35.3 Å². The van der Waals surface area contributed by atoms with Crippen LogP contribution in [-0.4, -0.2) is 24.5 Å². The fraction of sp³-hybridized carbons (Fsp3) is 0.385. The van der Waals surface area contributed by atoms with E-state index < -0.39 is 6.04 Å². The number of carbonyl (C=O) groups excluding carboxylic acids is 1. The van der Waals surface area contributed by atoms with Crippen molar-refractivity contribution in [2.75, 3.05) is 6.54 Å². The molecule has 0 saturated carbocycles. The van der Waals surface area contributed by atoms with E-state index in [2.05, 4.69) is 10.3 Å². The van der Waals surface area contributed by atoms with Gasteiger partial charge in [-0.1, -0.05) is 30.3 Å². The van der Waals surface area contributed by atoms with Crippen molar-refractivity contribution in [1.29, 1.82) is 0 Å². The van der Waals surface area contributed by atoms with Crippen molar-refractivity contribution in [2.45, 2.75) is 25.4 Å². The van der Waals surface area contributed by atoms with Gasteiger partial charge >= 0.3 is 0 Å². The van der Waals surface area contributed by atoms with Crippen LogP contribution < -0.4 is 22.5 Å². The van der Waals surface area contributed by atoms with Crippen LogP contribution in [0.5, 0.6) is 0 Å². The lowest BCUT2D eigenvalue weighted by atomic mass is 10.1. The highest BCUT2D eigenvalue weighted by Crippen LogP contribution is 1.99. The first-order chi connectivity index (χ1) is 9.09. The molecule has 1 aromatic rings. The van der Waals surface area contributed by atoms with Crippen molar-refractivity contribution >= 4 is 11.9 Å². The molecule has 0 bridgehead atoms. The van der Waals surface area contributed by atoms with Crippen LogP contribution in [0.25, 0.3) is 0 Å². The topological polar surface area (TPSA) is 120 Å². The normalized spacial score (nSPS) is 11.6. The molecule has 0 unspecified atom stereocenters. The minimum atomic E-state index is -0.530. The summed E-state index contributed by atoms with van der Waals surface area (Å²) in [5.41, 5.74) is 17.2. The van der Waals surface area contributed by atoms with Crippen LogP contribution in [0, 0.1) is 0 Å². The van der Waals surface area contributed by atoms with Crippen molar-refractivity contribution in [3.05, 3.63) is 35.9 Å². The minimum Gasteiger partial charge on any atom is -0.370 e. The summed E-state index contributed by atoms with van der Waals surface area (Å²) in [5.74, 6) is -0.101. The number of carbonyl (C=O) groups is 1. The number of rotatable bonds is 7. The maximum Gasteiger partial charge on any atom is 0.237 e. The maximum absolute atomic E-state index is 11.7. The Kier molecular flexibility index (Phi) is 6.38. The molecule has 7 N–H and O–H groups in total. The van der Waals surface area contributed by atoms with Crippen LogP contribution in [0.4, 0.5) is 0 Å². The second-order valence-electron chi connectivity index (χ2n) is 4.26. The van der Waals surface area contributed by atoms with Gasteiger partial charge in [-0.25, -0.2) is 0 Å². The van der Waals surface area contributed by atoms with E-state index >= 15 is 0 Å². The van der Waals surface area contributed by atoms with Gasteiger partial charge < -0.3 is 22.5 Å². The largest absolute Gasteiger partial charge is 0.370 e. The number of guanidine groups is 1. The molecule has 19 heavy (non-hydrogen) atoms. The number of nitrogens with zero attached hydrogens (tertiary/aromatic N) is 1. The van der Waals surface area contributed by atoms with E-state index in [0.29, 0.717) is 25.9 Å². The molecule has 0 spiro atoms. The van der Waals surface area contributed by atoms with Crippen LogP contribution in [0.1, 0.15) is 18.4 Å². The van der Waals surface area contributed by atoms with E-state index in [1.807, 2.05) is 30.3 Å². The fourth-order valence-corrected chi connectivity index (χ4v) is 1.57. The highest BCUT2D eigenvalue weighted by Gasteiger charge is 2.12. The van der Waals surface area contributed by atoms with Crippen LogP contribution in [-0.2, 0) is 11.3 Å². The van der Waals surface area contributed by atoms with Gasteiger partial charge in [-0.05, 0) is 18.4 Å². The Hall–Kier alpha value is -2.08. The lowest BCUT2D eigenvalue weighted by Crippen LogP contribution is -2.40. The smallest absolute Gasteiger partial charge is 0.237 e. The predicted molar refractivity (Wildman–Crippen MR) is 76.2 cm³/mol. The molecule has 1 rings (SSSR count). The maximum atomic E-state index is 11.7. The molecule has 0 aliphatic rings. The van der Waals surface area contributed by atoms with Crippen LogP contribution >= 0.6 is 0 Å². The first kappa shape index (κ1) is 15.0. The summed E-state index contributed by atoms with van der Waals surface area (Å²) in [6.07, 6.45) is 1.23. The van der Waals surface area contributed by atoms with Gasteiger partial charge in [0, 0.05) is 13.1 Å². The van der Waals surface area contributed by atoms with Crippen molar-refractivity contribution < 1.29 is 4.79 Å². The lowest BCUT2D eigenvalue weighted by Gasteiger charge is -2.11. The zero-order valence-electron chi connectivity index (χ0n) is 10.9. The van der Waals surface area contributed by atoms with Gasteiger partial charge in [0.05, 0.1) is 6.04 Å². The summed E-state index contributed by atoms with van der Waals surface area (Å²) < 4.78 is 0. The predicted octanol–water partition coefficient (Wildman–Crippen LogP) is -0.316. The molecule has 0 heterocycles. The lowest BCUT2D eigenvalue weighted by molar-refractivity contribution is -0.122. The summed E-state index contributed by atoms with van der Waals surface area (Å²) in [6, 6.07) is 9.15. The Morgan fingerprint density at radius 2 is 1.95 bits per heavy atom. The Morgan fingerprint density at radius 3 is 2.58 bits per heavy atom. The second kappa shape index (κ2) is 8.10. The Balaban J connectivity index is 2.23. The average molecular weight is 263 g/mol. The van der Waals surface area contributed by atoms with Crippen molar-refractivity contribution in [3.63, 3.8) is 0 Å². The molecular weight excluding hydrogens is 242 g/mol. The molecule has 6 nitrogen and oxygen atoms in total. The third-order valence-electron chi connectivity index (χ3n) is 2.61. The monoisotopic (exact) mass is 263 g/mol. The van der Waals surface area contributed by atoms with E-state index in [0.717, 1.165) is 5.56 Å². The summed E-state index contributed by atoms with van der Waals surface area (Å²) >= 11 is 0. The molecule has 1 aromatic carbocycles. The molecule has 0 radical (unpaired) electrons. The third-order valence-corrected chi connectivity index (χ3v) is 2.61.